The van der Waals surface area contributed by atoms with Gasteiger partial charge in [-0.15, -0.1) is 0 Å². The smallest absolute Gasteiger partial charge is 0.261 e. The van der Waals surface area contributed by atoms with E-state index in [4.69, 9.17) is 9.47 Å². The Morgan fingerprint density at radius 1 is 0.912 bits per heavy atom. The fourth-order valence-corrected chi connectivity index (χ4v) is 4.50. The zero-order valence-electron chi connectivity index (χ0n) is 19.6. The summed E-state index contributed by atoms with van der Waals surface area (Å²) < 4.78 is 38.5. The van der Waals surface area contributed by atoms with Crippen molar-refractivity contribution in [3.63, 3.8) is 0 Å². The molecule has 1 amide bonds. The Balaban J connectivity index is 1.71. The summed E-state index contributed by atoms with van der Waals surface area (Å²) in [6, 6.07) is 20.0. The molecule has 0 aliphatic rings. The molecule has 3 rings (SSSR count). The molecule has 0 spiro atoms. The molecule has 0 bridgehead atoms. The number of carbonyl (C=O) groups is 1. The van der Waals surface area contributed by atoms with Crippen molar-refractivity contribution in [2.75, 3.05) is 39.6 Å². The van der Waals surface area contributed by atoms with Gasteiger partial charge in [0.25, 0.3) is 15.9 Å². The molecule has 1 atom stereocenters. The van der Waals surface area contributed by atoms with Gasteiger partial charge in [0.15, 0.2) is 0 Å². The zero-order chi connectivity index (χ0) is 24.7. The maximum Gasteiger partial charge on any atom is 0.261 e. The molecule has 0 heterocycles. The second-order valence-corrected chi connectivity index (χ2v) is 9.51. The number of sulfonamides is 1. The molecule has 0 aromatic heterocycles. The lowest BCUT2D eigenvalue weighted by molar-refractivity contribution is 0.0941. The summed E-state index contributed by atoms with van der Waals surface area (Å²) in [4.78, 5) is 14.8. The van der Waals surface area contributed by atoms with Crippen molar-refractivity contribution in [3.05, 3.63) is 83.9 Å². The molecule has 0 saturated heterocycles. The molecular weight excluding hydrogens is 454 g/mol. The molecule has 34 heavy (non-hydrogen) atoms. The molecule has 0 fully saturated rings. The van der Waals surface area contributed by atoms with Crippen LogP contribution in [0.4, 0.5) is 5.69 Å². The number of nitrogens with zero attached hydrogens (tertiary/aromatic N) is 1. The van der Waals surface area contributed by atoms with Crippen molar-refractivity contribution in [3.8, 4) is 11.5 Å². The number of likely N-dealkylation sites (N-methyl/N-ethyl adjacent to an activating group) is 1. The van der Waals surface area contributed by atoms with Crippen molar-refractivity contribution in [1.29, 1.82) is 0 Å². The quantitative estimate of drug-likeness (QED) is 0.458. The molecule has 0 saturated carbocycles. The van der Waals surface area contributed by atoms with Gasteiger partial charge in [-0.1, -0.05) is 18.2 Å². The minimum atomic E-state index is -3.87. The number of ether oxygens (including phenoxy) is 2. The zero-order valence-corrected chi connectivity index (χ0v) is 20.4. The second-order valence-electron chi connectivity index (χ2n) is 7.82. The van der Waals surface area contributed by atoms with Crippen LogP contribution in [0.5, 0.6) is 11.5 Å². The lowest BCUT2D eigenvalue weighted by Gasteiger charge is -2.25. The van der Waals surface area contributed by atoms with Gasteiger partial charge in [-0.05, 0) is 74.3 Å². The number of carbonyl (C=O) groups excluding carboxylic acids is 1. The highest BCUT2D eigenvalue weighted by molar-refractivity contribution is 7.92. The van der Waals surface area contributed by atoms with E-state index in [1.54, 1.807) is 43.5 Å². The van der Waals surface area contributed by atoms with Crippen molar-refractivity contribution in [1.82, 2.24) is 10.2 Å². The Labute approximate surface area is 200 Å². The summed E-state index contributed by atoms with van der Waals surface area (Å²) in [7, 11) is 3.13. The first kappa shape index (κ1) is 25.1. The van der Waals surface area contributed by atoms with Gasteiger partial charge in [-0.25, -0.2) is 8.42 Å². The molecule has 0 radical (unpaired) electrons. The third kappa shape index (κ3) is 6.27. The summed E-state index contributed by atoms with van der Waals surface area (Å²) >= 11 is 0. The highest BCUT2D eigenvalue weighted by Crippen LogP contribution is 2.22. The van der Waals surface area contributed by atoms with E-state index in [2.05, 4.69) is 10.0 Å². The fraction of sp³-hybridized carbons (Fsp3) is 0.240. The third-order valence-corrected chi connectivity index (χ3v) is 6.71. The standard InChI is InChI=1S/C25H29N3O5S/c1-28(2)24(18-8-12-21(32-3)13-9-18)17-26-25(29)19-6-5-7-23(16-19)34(30,31)27-20-10-14-22(33-4)15-11-20/h5-16,24,27H,17H2,1-4H3,(H,26,29). The summed E-state index contributed by atoms with van der Waals surface area (Å²) in [6.45, 7) is 0.346. The van der Waals surface area contributed by atoms with E-state index >= 15 is 0 Å². The van der Waals surface area contributed by atoms with Gasteiger partial charge in [0.05, 0.1) is 25.2 Å². The van der Waals surface area contributed by atoms with Crippen LogP contribution in [0.15, 0.2) is 77.7 Å². The van der Waals surface area contributed by atoms with Gasteiger partial charge in [0.1, 0.15) is 11.5 Å². The van der Waals surface area contributed by atoms with Gasteiger partial charge in [0, 0.05) is 17.8 Å². The van der Waals surface area contributed by atoms with Crippen LogP contribution in [0.3, 0.4) is 0 Å². The van der Waals surface area contributed by atoms with Gasteiger partial charge in [0.2, 0.25) is 0 Å². The number of anilines is 1. The first-order chi connectivity index (χ1) is 16.2. The lowest BCUT2D eigenvalue weighted by Crippen LogP contribution is -2.34. The van der Waals surface area contributed by atoms with Crippen LogP contribution in [0.1, 0.15) is 22.0 Å². The Kier molecular flexibility index (Phi) is 8.14. The van der Waals surface area contributed by atoms with Crippen molar-refractivity contribution < 1.29 is 22.7 Å². The molecular formula is C25H29N3O5S. The first-order valence-corrected chi connectivity index (χ1v) is 12.1. The van der Waals surface area contributed by atoms with Gasteiger partial charge >= 0.3 is 0 Å². The highest BCUT2D eigenvalue weighted by atomic mass is 32.2. The van der Waals surface area contributed by atoms with Crippen LogP contribution >= 0.6 is 0 Å². The van der Waals surface area contributed by atoms with E-state index in [-0.39, 0.29) is 22.4 Å². The SMILES string of the molecule is COc1ccc(NS(=O)(=O)c2cccc(C(=O)NCC(c3ccc(OC)cc3)N(C)C)c2)cc1. The number of rotatable bonds is 10. The van der Waals surface area contributed by atoms with E-state index in [1.807, 2.05) is 43.3 Å². The predicted octanol–water partition coefficient (Wildman–Crippen LogP) is 3.54. The molecule has 2 N–H and O–H groups in total. The largest absolute Gasteiger partial charge is 0.497 e. The van der Waals surface area contributed by atoms with Crippen molar-refractivity contribution in [2.45, 2.75) is 10.9 Å². The molecule has 0 aliphatic heterocycles. The normalized spacial score (nSPS) is 12.1. The summed E-state index contributed by atoms with van der Waals surface area (Å²) in [5.41, 5.74) is 1.67. The number of amides is 1. The van der Waals surface area contributed by atoms with Gasteiger partial charge in [-0.2, -0.15) is 0 Å². The fourth-order valence-electron chi connectivity index (χ4n) is 3.39. The van der Waals surface area contributed by atoms with Crippen LogP contribution in [0, 0.1) is 0 Å². The average Bonchev–Trinajstić information content (AvgIpc) is 2.84. The van der Waals surface area contributed by atoms with Crippen LogP contribution in [-0.4, -0.2) is 54.1 Å². The molecule has 3 aromatic rings. The van der Waals surface area contributed by atoms with E-state index in [9.17, 15) is 13.2 Å². The third-order valence-electron chi connectivity index (χ3n) is 5.33. The summed E-state index contributed by atoms with van der Waals surface area (Å²) in [6.07, 6.45) is 0. The molecule has 0 aliphatic carbocycles. The predicted molar refractivity (Wildman–Crippen MR) is 132 cm³/mol. The minimum absolute atomic E-state index is 0.00437. The summed E-state index contributed by atoms with van der Waals surface area (Å²) in [5.74, 6) is 1.01. The lowest BCUT2D eigenvalue weighted by atomic mass is 10.1. The monoisotopic (exact) mass is 483 g/mol. The van der Waals surface area contributed by atoms with E-state index in [0.717, 1.165) is 11.3 Å². The van der Waals surface area contributed by atoms with Gasteiger partial charge < -0.3 is 19.7 Å². The first-order valence-electron chi connectivity index (χ1n) is 10.6. The van der Waals surface area contributed by atoms with Crippen LogP contribution in [0.2, 0.25) is 0 Å². The van der Waals surface area contributed by atoms with E-state index in [1.165, 1.54) is 19.2 Å². The average molecular weight is 484 g/mol. The number of methoxy groups -OCH3 is 2. The topological polar surface area (TPSA) is 97.0 Å². The number of hydrogen-bond acceptors (Lipinski definition) is 6. The second kappa shape index (κ2) is 11.0. The molecule has 3 aromatic carbocycles. The van der Waals surface area contributed by atoms with E-state index < -0.39 is 10.0 Å². The highest BCUT2D eigenvalue weighted by Gasteiger charge is 2.19. The minimum Gasteiger partial charge on any atom is -0.497 e. The Hall–Kier alpha value is -3.56. The maximum absolute atomic E-state index is 12.8. The number of benzene rings is 3. The van der Waals surface area contributed by atoms with Crippen molar-refractivity contribution >= 4 is 21.6 Å². The van der Waals surface area contributed by atoms with Crippen LogP contribution < -0.4 is 19.5 Å². The number of nitrogens with one attached hydrogen (secondary N) is 2. The molecule has 1 unspecified atom stereocenters. The Bertz CT molecular complexity index is 1210. The van der Waals surface area contributed by atoms with Crippen molar-refractivity contribution in [2.24, 2.45) is 0 Å². The molecule has 8 nitrogen and oxygen atoms in total. The maximum atomic E-state index is 12.8. The van der Waals surface area contributed by atoms with E-state index in [0.29, 0.717) is 18.0 Å². The van der Waals surface area contributed by atoms with Crippen LogP contribution in [0.25, 0.3) is 0 Å². The van der Waals surface area contributed by atoms with Gasteiger partial charge in [-0.3, -0.25) is 9.52 Å². The Morgan fingerprint density at radius 3 is 2.06 bits per heavy atom. The Morgan fingerprint density at radius 2 is 1.50 bits per heavy atom. The van der Waals surface area contributed by atoms with Crippen LogP contribution in [-0.2, 0) is 10.0 Å². The number of hydrogen-bond donors (Lipinski definition) is 2. The molecule has 180 valence electrons. The molecule has 9 heteroatoms. The summed E-state index contributed by atoms with van der Waals surface area (Å²) in [5, 5.41) is 2.91.